The van der Waals surface area contributed by atoms with E-state index in [-0.39, 0.29) is 25.4 Å². The van der Waals surface area contributed by atoms with Gasteiger partial charge in [0, 0.05) is 0 Å². The topological polar surface area (TPSA) is 285 Å². The highest BCUT2D eigenvalue weighted by Gasteiger charge is 2.29. The van der Waals surface area contributed by atoms with Gasteiger partial charge in [-0.3, -0.25) is 14.4 Å². The number of carbonyl (C=O) groups excluding carboxylic acids is 4. The Hall–Kier alpha value is -5.61. The summed E-state index contributed by atoms with van der Waals surface area (Å²) in [7, 11) is -8.65. The van der Waals surface area contributed by atoms with E-state index >= 15 is 0 Å². The molecule has 2 amide bonds. The van der Waals surface area contributed by atoms with Gasteiger partial charge in [0.05, 0.1) is 13.2 Å². The van der Waals surface area contributed by atoms with Gasteiger partial charge in [0.1, 0.15) is 29.3 Å². The molecular formula is C44H65N5O14S2. The minimum atomic E-state index is -4.36. The van der Waals surface area contributed by atoms with E-state index in [0.717, 1.165) is 17.5 Å². The van der Waals surface area contributed by atoms with Gasteiger partial charge < -0.3 is 29.8 Å². The van der Waals surface area contributed by atoms with Crippen molar-refractivity contribution in [1.82, 2.24) is 18.9 Å². The zero-order valence-corrected chi connectivity index (χ0v) is 39.8. The lowest BCUT2D eigenvalue weighted by molar-refractivity contribution is -0.145. The molecule has 0 aliphatic heterocycles. The van der Waals surface area contributed by atoms with Gasteiger partial charge in [-0.25, -0.2) is 19.0 Å². The normalized spacial score (nSPS) is 12.8. The zero-order chi connectivity index (χ0) is 49.3. The highest BCUT2D eigenvalue weighted by molar-refractivity contribution is 7.88. The molecule has 0 aromatic heterocycles. The van der Waals surface area contributed by atoms with Gasteiger partial charge in [-0.15, -0.1) is 0 Å². The smallest absolute Gasteiger partial charge is 0.422 e. The third-order valence-corrected chi connectivity index (χ3v) is 10.1. The lowest BCUT2D eigenvalue weighted by Crippen LogP contribution is -2.49. The van der Waals surface area contributed by atoms with Crippen molar-refractivity contribution >= 4 is 50.5 Å². The lowest BCUT2D eigenvalue weighted by atomic mass is 10.1. The van der Waals surface area contributed by atoms with E-state index in [4.69, 9.17) is 29.8 Å². The summed E-state index contributed by atoms with van der Waals surface area (Å²) in [4.78, 5) is 57.7. The van der Waals surface area contributed by atoms with Crippen molar-refractivity contribution in [3.8, 4) is 0 Å². The summed E-state index contributed by atoms with van der Waals surface area (Å²) in [6.07, 6.45) is 0.167. The third-order valence-electron chi connectivity index (χ3n) is 8.00. The molecule has 0 unspecified atom stereocenters. The van der Waals surface area contributed by atoms with Crippen LogP contribution in [0.1, 0.15) is 91.3 Å². The van der Waals surface area contributed by atoms with Crippen LogP contribution in [0.25, 0.3) is 0 Å². The molecule has 3 aromatic rings. The van der Waals surface area contributed by atoms with E-state index < -0.39 is 73.9 Å². The van der Waals surface area contributed by atoms with Crippen LogP contribution in [0.2, 0.25) is 0 Å². The Morgan fingerprint density at radius 2 is 0.877 bits per heavy atom. The molecule has 0 saturated carbocycles. The second kappa shape index (κ2) is 28.3. The van der Waals surface area contributed by atoms with Crippen molar-refractivity contribution in [3.63, 3.8) is 0 Å². The summed E-state index contributed by atoms with van der Waals surface area (Å²) in [5.41, 5.74) is 6.96. The first-order valence-electron chi connectivity index (χ1n) is 20.7. The first kappa shape index (κ1) is 57.4. The molecule has 19 nitrogen and oxygen atoms in total. The first-order chi connectivity index (χ1) is 30.2. The molecule has 0 bridgehead atoms. The van der Waals surface area contributed by atoms with E-state index in [0.29, 0.717) is 25.9 Å². The van der Waals surface area contributed by atoms with E-state index in [2.05, 4.69) is 4.72 Å². The first-order valence-corrected chi connectivity index (χ1v) is 23.7. The molecule has 3 aromatic carbocycles. The summed E-state index contributed by atoms with van der Waals surface area (Å²) >= 11 is 0. The number of carbonyl (C=O) groups is 5. The molecule has 65 heavy (non-hydrogen) atoms. The maximum atomic E-state index is 12.1. The maximum absolute atomic E-state index is 12.1. The number of nitrogens with one attached hydrogen (secondary N) is 4. The van der Waals surface area contributed by atoms with Crippen LogP contribution in [0.5, 0.6) is 0 Å². The Labute approximate surface area is 382 Å². The number of aliphatic carboxylic acids is 1. The minimum Gasteiger partial charge on any atom is -0.480 e. The Bertz CT molecular complexity index is 2130. The number of carboxylic acids is 1. The molecule has 362 valence electrons. The third kappa shape index (κ3) is 28.0. The molecule has 0 heterocycles. The van der Waals surface area contributed by atoms with Crippen LogP contribution in [0.15, 0.2) is 91.0 Å². The maximum Gasteiger partial charge on any atom is 0.422 e. The summed E-state index contributed by atoms with van der Waals surface area (Å²) < 4.78 is 74.9. The average molecular weight is 952 g/mol. The van der Waals surface area contributed by atoms with Gasteiger partial charge in [0.15, 0.2) is 0 Å². The molecule has 0 spiro atoms. The molecule has 21 heteroatoms. The average Bonchev–Trinajstić information content (AvgIpc) is 3.20. The van der Waals surface area contributed by atoms with Crippen LogP contribution in [0.4, 0.5) is 9.59 Å². The highest BCUT2D eigenvalue weighted by Crippen LogP contribution is 2.11. The Kier molecular flexibility index (Phi) is 25.0. The van der Waals surface area contributed by atoms with Crippen LogP contribution in [-0.4, -0.2) is 94.6 Å². The summed E-state index contributed by atoms with van der Waals surface area (Å²) in [6.45, 7) is 13.4. The number of nitrogens with two attached hydrogens (primary N) is 1. The van der Waals surface area contributed by atoms with Crippen LogP contribution >= 0.6 is 0 Å². The summed E-state index contributed by atoms with van der Waals surface area (Å²) in [5.74, 6) is -2.35. The number of esters is 2. The Morgan fingerprint density at radius 3 is 1.22 bits per heavy atom. The van der Waals surface area contributed by atoms with Crippen LogP contribution in [-0.2, 0) is 73.0 Å². The van der Waals surface area contributed by atoms with E-state index in [1.165, 1.54) is 5.56 Å². The van der Waals surface area contributed by atoms with Gasteiger partial charge in [-0.2, -0.15) is 26.3 Å². The standard InChI is InChI=1S/C17H26N2O6S.C15H22N2O6S.C12H17NO2/c1-5-24-15(20)14(12-11-13-9-7-6-8-10-13)18-26(22,23)19-16(21)25-17(2,3)4;1-15(2,3)23-14(20)17-24(21,22)16-12(13(18)19)10-9-11-7-5-4-6-8-11;1-2-15-12(14)11(13)9-8-10-6-4-3-5-7-10/h6-10,14,18H,5,11-12H2,1-4H3,(H,19,21);4-8,12,16H,9-10H2,1-3H3,(H,17,20)(H,18,19);3-7,11H,2,8-9,13H2,1H3/t14-;12-;11-/m111/s1. The van der Waals surface area contributed by atoms with E-state index in [1.807, 2.05) is 83.6 Å². The number of benzene rings is 3. The molecule has 0 fully saturated rings. The highest BCUT2D eigenvalue weighted by atomic mass is 32.2. The predicted octanol–water partition coefficient (Wildman–Crippen LogP) is 4.85. The van der Waals surface area contributed by atoms with Crippen molar-refractivity contribution in [3.05, 3.63) is 108 Å². The van der Waals surface area contributed by atoms with Gasteiger partial charge in [-0.05, 0) is 111 Å². The SMILES string of the molecule is CC(C)(C)OC(=O)NS(=O)(=O)N[C@H](CCc1ccccc1)C(=O)O.CCOC(=O)[C@@H](CCc1ccccc1)NS(=O)(=O)NC(=O)OC(C)(C)C.CCOC(=O)[C@H](N)CCc1ccccc1. The van der Waals surface area contributed by atoms with Crippen LogP contribution < -0.4 is 24.6 Å². The number of carboxylic acid groups (broad SMARTS) is 1. The minimum absolute atomic E-state index is 0.0363. The second-order valence-electron chi connectivity index (χ2n) is 16.1. The van der Waals surface area contributed by atoms with Crippen molar-refractivity contribution < 1.29 is 64.9 Å². The number of hydrogen-bond acceptors (Lipinski definition) is 14. The van der Waals surface area contributed by atoms with Gasteiger partial charge >= 0.3 is 50.5 Å². The number of hydrogen-bond donors (Lipinski definition) is 6. The van der Waals surface area contributed by atoms with Crippen LogP contribution in [0.3, 0.4) is 0 Å². The molecule has 0 aliphatic rings. The fraction of sp³-hybridized carbons (Fsp3) is 0.477. The summed E-state index contributed by atoms with van der Waals surface area (Å²) in [6, 6.07) is 25.3. The number of rotatable bonds is 20. The van der Waals surface area contributed by atoms with Gasteiger partial charge in [0.25, 0.3) is 0 Å². The van der Waals surface area contributed by atoms with Crippen molar-refractivity contribution in [2.24, 2.45) is 5.73 Å². The molecule has 0 aliphatic carbocycles. The lowest BCUT2D eigenvalue weighted by Gasteiger charge is -2.21. The number of aryl methyl sites for hydroxylation is 3. The fourth-order valence-corrected chi connectivity index (χ4v) is 7.02. The van der Waals surface area contributed by atoms with Crippen molar-refractivity contribution in [1.29, 1.82) is 0 Å². The zero-order valence-electron chi connectivity index (χ0n) is 38.2. The predicted molar refractivity (Wildman–Crippen MR) is 244 cm³/mol. The van der Waals surface area contributed by atoms with Crippen LogP contribution in [0, 0.1) is 0 Å². The Morgan fingerprint density at radius 1 is 0.554 bits per heavy atom. The number of ether oxygens (including phenoxy) is 4. The van der Waals surface area contributed by atoms with Gasteiger partial charge in [0.2, 0.25) is 0 Å². The monoisotopic (exact) mass is 951 g/mol. The fourth-order valence-electron chi connectivity index (χ4n) is 5.20. The Balaban J connectivity index is 0.000000504. The molecular weight excluding hydrogens is 887 g/mol. The largest absolute Gasteiger partial charge is 0.480 e. The molecule has 0 saturated heterocycles. The molecule has 3 atom stereocenters. The molecule has 3 rings (SSSR count). The van der Waals surface area contributed by atoms with E-state index in [9.17, 15) is 40.8 Å². The van der Waals surface area contributed by atoms with Gasteiger partial charge in [-0.1, -0.05) is 91.0 Å². The molecule has 7 N–H and O–H groups in total. The number of amides is 2. The molecule has 0 radical (unpaired) electrons. The summed E-state index contributed by atoms with van der Waals surface area (Å²) in [5, 5.41) is 9.16. The quantitative estimate of drug-likeness (QED) is 0.0652. The van der Waals surface area contributed by atoms with E-state index in [1.54, 1.807) is 77.0 Å². The van der Waals surface area contributed by atoms with Crippen molar-refractivity contribution in [2.75, 3.05) is 13.2 Å². The van der Waals surface area contributed by atoms with Crippen molar-refractivity contribution in [2.45, 2.75) is 123 Å². The second-order valence-corrected chi connectivity index (χ2v) is 19.0.